The van der Waals surface area contributed by atoms with E-state index in [1.54, 1.807) is 7.11 Å². The smallest absolute Gasteiger partial charge is 0.0470 e. The van der Waals surface area contributed by atoms with E-state index in [1.165, 1.54) is 31.4 Å². The molecule has 0 aromatic rings. The Morgan fingerprint density at radius 3 is 3.00 bits per heavy atom. The van der Waals surface area contributed by atoms with E-state index >= 15 is 0 Å². The van der Waals surface area contributed by atoms with Gasteiger partial charge in [0.1, 0.15) is 0 Å². The summed E-state index contributed by atoms with van der Waals surface area (Å²) in [6.45, 7) is 0.907. The number of thioether (sulfide) groups is 1. The van der Waals surface area contributed by atoms with E-state index in [-0.39, 0.29) is 0 Å². The molecule has 0 heterocycles. The lowest BCUT2D eigenvalue weighted by molar-refractivity contribution is 0.200. The highest BCUT2D eigenvalue weighted by atomic mass is 32.2. The molecule has 3 heteroatoms. The minimum absolute atomic E-state index is 0.757. The number of hydrogen-bond acceptors (Lipinski definition) is 3. The molecule has 78 valence electrons. The van der Waals surface area contributed by atoms with Crippen LogP contribution in [0.2, 0.25) is 0 Å². The summed E-state index contributed by atoms with van der Waals surface area (Å²) in [5.41, 5.74) is 0. The van der Waals surface area contributed by atoms with E-state index in [0.29, 0.717) is 0 Å². The topological polar surface area (TPSA) is 21.3 Å². The van der Waals surface area contributed by atoms with Gasteiger partial charge in [-0.3, -0.25) is 0 Å². The van der Waals surface area contributed by atoms with Crippen molar-refractivity contribution in [1.82, 2.24) is 5.32 Å². The highest BCUT2D eigenvalue weighted by molar-refractivity contribution is 7.99. The van der Waals surface area contributed by atoms with Crippen molar-refractivity contribution in [2.24, 2.45) is 0 Å². The van der Waals surface area contributed by atoms with Crippen LogP contribution in [0.25, 0.3) is 0 Å². The predicted octanol–water partition coefficient (Wildman–Crippen LogP) is 1.90. The van der Waals surface area contributed by atoms with Crippen molar-refractivity contribution in [3.05, 3.63) is 0 Å². The minimum atomic E-state index is 0.757. The van der Waals surface area contributed by atoms with Gasteiger partial charge in [0, 0.05) is 25.0 Å². The Morgan fingerprint density at radius 2 is 2.31 bits per heavy atom. The summed E-state index contributed by atoms with van der Waals surface area (Å²) in [4.78, 5) is 0. The summed E-state index contributed by atoms with van der Waals surface area (Å²) in [5.74, 6) is 1.25. The molecule has 2 nitrogen and oxygen atoms in total. The summed E-state index contributed by atoms with van der Waals surface area (Å²) >= 11 is 2.11. The zero-order valence-corrected chi connectivity index (χ0v) is 9.53. The van der Waals surface area contributed by atoms with Crippen LogP contribution >= 0.6 is 11.8 Å². The van der Waals surface area contributed by atoms with Crippen LogP contribution in [-0.4, -0.2) is 37.8 Å². The molecule has 0 aliphatic heterocycles. The van der Waals surface area contributed by atoms with Gasteiger partial charge >= 0.3 is 0 Å². The van der Waals surface area contributed by atoms with E-state index in [0.717, 1.165) is 17.9 Å². The van der Waals surface area contributed by atoms with Gasteiger partial charge in [0.2, 0.25) is 0 Å². The molecular formula is C10H21NOS. The zero-order valence-electron chi connectivity index (χ0n) is 8.71. The van der Waals surface area contributed by atoms with Crippen LogP contribution < -0.4 is 5.32 Å². The molecule has 0 amide bonds. The number of nitrogens with one attached hydrogen (secondary N) is 1. The van der Waals surface area contributed by atoms with Gasteiger partial charge in [0.25, 0.3) is 0 Å². The summed E-state index contributed by atoms with van der Waals surface area (Å²) in [5, 5.41) is 4.25. The minimum Gasteiger partial charge on any atom is -0.385 e. The summed E-state index contributed by atoms with van der Waals surface area (Å²) < 4.78 is 5.03. The molecule has 0 aromatic carbocycles. The lowest BCUT2D eigenvalue weighted by Crippen LogP contribution is -2.30. The lowest BCUT2D eigenvalue weighted by Gasteiger charge is -2.18. The third-order valence-corrected chi connectivity index (χ3v) is 4.16. The molecule has 0 aromatic heterocycles. The van der Waals surface area contributed by atoms with E-state index in [4.69, 9.17) is 4.74 Å². The lowest BCUT2D eigenvalue weighted by atomic mass is 10.2. The van der Waals surface area contributed by atoms with Gasteiger partial charge in [-0.05, 0) is 32.1 Å². The van der Waals surface area contributed by atoms with Gasteiger partial charge in [-0.15, -0.1) is 0 Å². The maximum absolute atomic E-state index is 5.03. The maximum atomic E-state index is 5.03. The quantitative estimate of drug-likeness (QED) is 0.666. The fourth-order valence-corrected chi connectivity index (χ4v) is 3.32. The van der Waals surface area contributed by atoms with Crippen molar-refractivity contribution in [2.45, 2.75) is 37.0 Å². The van der Waals surface area contributed by atoms with Crippen molar-refractivity contribution in [3.8, 4) is 0 Å². The summed E-state index contributed by atoms with van der Waals surface area (Å²) in [6, 6.07) is 0.757. The van der Waals surface area contributed by atoms with Gasteiger partial charge in [0.05, 0.1) is 0 Å². The first-order valence-corrected chi connectivity index (χ1v) is 6.21. The van der Waals surface area contributed by atoms with Crippen LogP contribution in [0.3, 0.4) is 0 Å². The van der Waals surface area contributed by atoms with Crippen LogP contribution in [0.4, 0.5) is 0 Å². The van der Waals surface area contributed by atoms with Crippen molar-refractivity contribution >= 4 is 11.8 Å². The second-order valence-electron chi connectivity index (χ2n) is 3.58. The van der Waals surface area contributed by atoms with Crippen LogP contribution in [0, 0.1) is 0 Å². The standard InChI is InChI=1S/C10H21NOS/c1-11-9-5-3-6-10(9)13-8-4-7-12-2/h9-11H,3-8H2,1-2H3. The molecule has 0 spiro atoms. The van der Waals surface area contributed by atoms with E-state index in [9.17, 15) is 0 Å². The van der Waals surface area contributed by atoms with Crippen LogP contribution in [-0.2, 0) is 4.74 Å². The van der Waals surface area contributed by atoms with Crippen molar-refractivity contribution in [2.75, 3.05) is 26.5 Å². The van der Waals surface area contributed by atoms with Gasteiger partial charge in [-0.1, -0.05) is 6.42 Å². The molecule has 1 aliphatic carbocycles. The van der Waals surface area contributed by atoms with Crippen molar-refractivity contribution in [1.29, 1.82) is 0 Å². The van der Waals surface area contributed by atoms with E-state index < -0.39 is 0 Å². The zero-order chi connectivity index (χ0) is 9.52. The SMILES string of the molecule is CNC1CCCC1SCCCOC. The molecule has 1 N–H and O–H groups in total. The van der Waals surface area contributed by atoms with Crippen molar-refractivity contribution in [3.63, 3.8) is 0 Å². The molecule has 0 saturated heterocycles. The number of hydrogen-bond donors (Lipinski definition) is 1. The molecule has 13 heavy (non-hydrogen) atoms. The first-order chi connectivity index (χ1) is 6.38. The number of rotatable bonds is 6. The normalized spacial score (nSPS) is 28.2. The molecule has 1 saturated carbocycles. The Morgan fingerprint density at radius 1 is 1.46 bits per heavy atom. The summed E-state index contributed by atoms with van der Waals surface area (Å²) in [7, 11) is 3.86. The maximum Gasteiger partial charge on any atom is 0.0470 e. The molecule has 1 rings (SSSR count). The second kappa shape index (κ2) is 6.68. The Hall–Kier alpha value is 0.270. The Kier molecular flexibility index (Phi) is 5.83. The molecule has 0 bridgehead atoms. The number of methoxy groups -OCH3 is 1. The Labute approximate surface area is 85.8 Å². The monoisotopic (exact) mass is 203 g/mol. The molecular weight excluding hydrogens is 182 g/mol. The first kappa shape index (κ1) is 11.3. The molecule has 2 unspecified atom stereocenters. The highest BCUT2D eigenvalue weighted by Crippen LogP contribution is 2.30. The summed E-state index contributed by atoms with van der Waals surface area (Å²) in [6.07, 6.45) is 5.34. The molecule has 2 atom stereocenters. The van der Waals surface area contributed by atoms with Crippen LogP contribution in [0.15, 0.2) is 0 Å². The van der Waals surface area contributed by atoms with Crippen LogP contribution in [0.5, 0.6) is 0 Å². The molecule has 0 radical (unpaired) electrons. The molecule has 1 aliphatic rings. The average Bonchev–Trinajstić information content (AvgIpc) is 2.60. The average molecular weight is 203 g/mol. The Bertz CT molecular complexity index is 132. The fraction of sp³-hybridized carbons (Fsp3) is 1.00. The Balaban J connectivity index is 2.06. The van der Waals surface area contributed by atoms with Gasteiger partial charge < -0.3 is 10.1 Å². The molecule has 1 fully saturated rings. The third-order valence-electron chi connectivity index (χ3n) is 2.65. The van der Waals surface area contributed by atoms with Gasteiger partial charge in [-0.2, -0.15) is 11.8 Å². The number of ether oxygens (including phenoxy) is 1. The second-order valence-corrected chi connectivity index (χ2v) is 4.93. The predicted molar refractivity (Wildman–Crippen MR) is 59.4 cm³/mol. The van der Waals surface area contributed by atoms with E-state index in [2.05, 4.69) is 24.1 Å². The van der Waals surface area contributed by atoms with Gasteiger partial charge in [-0.25, -0.2) is 0 Å². The van der Waals surface area contributed by atoms with E-state index in [1.807, 2.05) is 0 Å². The van der Waals surface area contributed by atoms with Gasteiger partial charge in [0.15, 0.2) is 0 Å². The van der Waals surface area contributed by atoms with Crippen LogP contribution in [0.1, 0.15) is 25.7 Å². The third kappa shape index (κ3) is 3.88. The highest BCUT2D eigenvalue weighted by Gasteiger charge is 2.25. The van der Waals surface area contributed by atoms with Crippen molar-refractivity contribution < 1.29 is 4.74 Å². The largest absolute Gasteiger partial charge is 0.385 e. The first-order valence-electron chi connectivity index (χ1n) is 5.16. The fourth-order valence-electron chi connectivity index (χ4n) is 1.89.